The predicted octanol–water partition coefficient (Wildman–Crippen LogP) is 3.49. The summed E-state index contributed by atoms with van der Waals surface area (Å²) in [5.74, 6) is 0.676. The average molecular weight is 313 g/mol. The lowest BCUT2D eigenvalue weighted by Crippen LogP contribution is -2.48. The molecule has 0 saturated carbocycles. The summed E-state index contributed by atoms with van der Waals surface area (Å²) in [6.45, 7) is 7.69. The van der Waals surface area contributed by atoms with Gasteiger partial charge in [-0.25, -0.2) is 0 Å². The second-order valence-corrected chi connectivity index (χ2v) is 6.06. The van der Waals surface area contributed by atoms with Gasteiger partial charge in [-0.05, 0) is 37.6 Å². The van der Waals surface area contributed by atoms with E-state index in [-0.39, 0.29) is 18.1 Å². The third-order valence-electron chi connectivity index (χ3n) is 4.11. The van der Waals surface area contributed by atoms with Crippen molar-refractivity contribution in [2.75, 3.05) is 19.7 Å². The number of morpholine rings is 1. The number of carbonyl (C=O) groups is 1. The first-order chi connectivity index (χ1) is 11.1. The van der Waals surface area contributed by atoms with Crippen molar-refractivity contribution < 1.29 is 14.3 Å². The SMILES string of the molecule is CCOc1ccc2ccccc2c1C(=O)N1C[C@@H](C)O[C@H](C)C1. The maximum Gasteiger partial charge on any atom is 0.258 e. The lowest BCUT2D eigenvalue weighted by atomic mass is 10.0. The van der Waals surface area contributed by atoms with Crippen LogP contribution in [0.2, 0.25) is 0 Å². The molecule has 1 aliphatic heterocycles. The number of carbonyl (C=O) groups excluding carboxylic acids is 1. The topological polar surface area (TPSA) is 38.8 Å². The quantitative estimate of drug-likeness (QED) is 0.870. The zero-order valence-corrected chi connectivity index (χ0v) is 13.9. The van der Waals surface area contributed by atoms with Gasteiger partial charge in [0.15, 0.2) is 0 Å². The molecule has 1 heterocycles. The summed E-state index contributed by atoms with van der Waals surface area (Å²) < 4.78 is 11.5. The number of rotatable bonds is 3. The summed E-state index contributed by atoms with van der Waals surface area (Å²) >= 11 is 0. The second-order valence-electron chi connectivity index (χ2n) is 6.06. The number of hydrogen-bond acceptors (Lipinski definition) is 3. The third-order valence-corrected chi connectivity index (χ3v) is 4.11. The maximum absolute atomic E-state index is 13.2. The lowest BCUT2D eigenvalue weighted by Gasteiger charge is -2.35. The number of ether oxygens (including phenoxy) is 2. The second kappa shape index (κ2) is 6.59. The van der Waals surface area contributed by atoms with Crippen molar-refractivity contribution in [3.63, 3.8) is 0 Å². The summed E-state index contributed by atoms with van der Waals surface area (Å²) in [7, 11) is 0. The van der Waals surface area contributed by atoms with Gasteiger partial charge >= 0.3 is 0 Å². The van der Waals surface area contributed by atoms with E-state index in [9.17, 15) is 4.79 Å². The van der Waals surface area contributed by atoms with Crippen LogP contribution in [0.3, 0.4) is 0 Å². The molecule has 2 aromatic carbocycles. The standard InChI is InChI=1S/C19H23NO3/c1-4-22-17-10-9-15-7-5-6-8-16(15)18(17)19(21)20-11-13(2)23-14(3)12-20/h5-10,13-14H,4,11-12H2,1-3H3/t13-,14-/m1/s1. The molecule has 0 N–H and O–H groups in total. The van der Waals surface area contributed by atoms with Gasteiger partial charge in [0.1, 0.15) is 5.75 Å². The van der Waals surface area contributed by atoms with Crippen LogP contribution >= 0.6 is 0 Å². The molecule has 0 aromatic heterocycles. The highest BCUT2D eigenvalue weighted by Gasteiger charge is 2.29. The number of amides is 1. The highest BCUT2D eigenvalue weighted by atomic mass is 16.5. The molecule has 1 amide bonds. The van der Waals surface area contributed by atoms with E-state index in [0.717, 1.165) is 10.8 Å². The first-order valence-electron chi connectivity index (χ1n) is 8.19. The van der Waals surface area contributed by atoms with Crippen molar-refractivity contribution in [1.29, 1.82) is 0 Å². The van der Waals surface area contributed by atoms with Crippen LogP contribution in [0.5, 0.6) is 5.75 Å². The molecule has 0 bridgehead atoms. The van der Waals surface area contributed by atoms with Crippen LogP contribution in [0.4, 0.5) is 0 Å². The van der Waals surface area contributed by atoms with Gasteiger partial charge < -0.3 is 14.4 Å². The normalized spacial score (nSPS) is 21.4. The van der Waals surface area contributed by atoms with Crippen LogP contribution in [0, 0.1) is 0 Å². The van der Waals surface area contributed by atoms with E-state index in [1.54, 1.807) is 0 Å². The summed E-state index contributed by atoms with van der Waals surface area (Å²) in [6, 6.07) is 11.8. The minimum Gasteiger partial charge on any atom is -0.493 e. The highest BCUT2D eigenvalue weighted by Crippen LogP contribution is 2.30. The average Bonchev–Trinajstić information content (AvgIpc) is 2.53. The van der Waals surface area contributed by atoms with Crippen LogP contribution in [-0.2, 0) is 4.74 Å². The Morgan fingerprint density at radius 3 is 2.57 bits per heavy atom. The molecular formula is C19H23NO3. The number of hydrogen-bond donors (Lipinski definition) is 0. The van der Waals surface area contributed by atoms with Crippen molar-refractivity contribution >= 4 is 16.7 Å². The molecule has 1 saturated heterocycles. The van der Waals surface area contributed by atoms with Crippen LogP contribution in [0.15, 0.2) is 36.4 Å². The van der Waals surface area contributed by atoms with E-state index in [1.165, 1.54) is 0 Å². The Balaban J connectivity index is 2.05. The molecule has 0 unspecified atom stereocenters. The fraction of sp³-hybridized carbons (Fsp3) is 0.421. The molecule has 3 rings (SSSR count). The van der Waals surface area contributed by atoms with Crippen molar-refractivity contribution in [2.24, 2.45) is 0 Å². The molecule has 2 aromatic rings. The third kappa shape index (κ3) is 3.17. The van der Waals surface area contributed by atoms with Gasteiger partial charge in [-0.1, -0.05) is 30.3 Å². The highest BCUT2D eigenvalue weighted by molar-refractivity contribution is 6.09. The Labute approximate surface area is 137 Å². The minimum atomic E-state index is 0.0206. The summed E-state index contributed by atoms with van der Waals surface area (Å²) in [5.41, 5.74) is 0.659. The van der Waals surface area contributed by atoms with Gasteiger partial charge in [0.25, 0.3) is 5.91 Å². The smallest absolute Gasteiger partial charge is 0.258 e. The van der Waals surface area contributed by atoms with E-state index < -0.39 is 0 Å². The minimum absolute atomic E-state index is 0.0206. The van der Waals surface area contributed by atoms with Gasteiger partial charge in [0.05, 0.1) is 24.4 Å². The van der Waals surface area contributed by atoms with E-state index >= 15 is 0 Å². The first-order valence-corrected chi connectivity index (χ1v) is 8.19. The Morgan fingerprint density at radius 2 is 1.87 bits per heavy atom. The van der Waals surface area contributed by atoms with Crippen LogP contribution in [-0.4, -0.2) is 42.7 Å². The maximum atomic E-state index is 13.2. The van der Waals surface area contributed by atoms with Gasteiger partial charge in [-0.2, -0.15) is 0 Å². The molecule has 4 nitrogen and oxygen atoms in total. The molecule has 2 atom stereocenters. The zero-order chi connectivity index (χ0) is 16.4. The van der Waals surface area contributed by atoms with Crippen LogP contribution in [0.25, 0.3) is 10.8 Å². The molecule has 1 aliphatic rings. The van der Waals surface area contributed by atoms with Gasteiger partial charge in [-0.15, -0.1) is 0 Å². The van der Waals surface area contributed by atoms with Gasteiger partial charge in [-0.3, -0.25) is 4.79 Å². The Kier molecular flexibility index (Phi) is 4.53. The Morgan fingerprint density at radius 1 is 1.17 bits per heavy atom. The monoisotopic (exact) mass is 313 g/mol. The van der Waals surface area contributed by atoms with Crippen molar-refractivity contribution in [3.05, 3.63) is 42.0 Å². The molecule has 1 fully saturated rings. The summed E-state index contributed by atoms with van der Waals surface area (Å²) in [6.07, 6.45) is 0.0986. The van der Waals surface area contributed by atoms with E-state index in [1.807, 2.05) is 62.1 Å². The molecule has 0 aliphatic carbocycles. The fourth-order valence-electron chi connectivity index (χ4n) is 3.25. The molecule has 4 heteroatoms. The molecule has 122 valence electrons. The molecule has 0 radical (unpaired) electrons. The summed E-state index contributed by atoms with van der Waals surface area (Å²) in [5, 5.41) is 1.99. The predicted molar refractivity (Wildman–Crippen MR) is 91.0 cm³/mol. The van der Waals surface area contributed by atoms with Gasteiger partial charge in [0, 0.05) is 13.1 Å². The number of fused-ring (bicyclic) bond motifs is 1. The Bertz CT molecular complexity index is 703. The first kappa shape index (κ1) is 15.8. The zero-order valence-electron chi connectivity index (χ0n) is 13.9. The van der Waals surface area contributed by atoms with Gasteiger partial charge in [0.2, 0.25) is 0 Å². The Hall–Kier alpha value is -2.07. The van der Waals surface area contributed by atoms with Crippen LogP contribution in [0.1, 0.15) is 31.1 Å². The molecular weight excluding hydrogens is 290 g/mol. The lowest BCUT2D eigenvalue weighted by molar-refractivity contribution is -0.0586. The number of nitrogens with zero attached hydrogens (tertiary/aromatic N) is 1. The fourth-order valence-corrected chi connectivity index (χ4v) is 3.25. The van der Waals surface area contributed by atoms with Crippen LogP contribution < -0.4 is 4.74 Å². The summed E-state index contributed by atoms with van der Waals surface area (Å²) in [4.78, 5) is 15.1. The van der Waals surface area contributed by atoms with E-state index in [2.05, 4.69) is 0 Å². The van der Waals surface area contributed by atoms with Crippen molar-refractivity contribution in [3.8, 4) is 5.75 Å². The largest absolute Gasteiger partial charge is 0.493 e. The molecule has 0 spiro atoms. The van der Waals surface area contributed by atoms with Crippen molar-refractivity contribution in [1.82, 2.24) is 4.90 Å². The number of benzene rings is 2. The molecule has 23 heavy (non-hydrogen) atoms. The van der Waals surface area contributed by atoms with Crippen molar-refractivity contribution in [2.45, 2.75) is 33.0 Å². The van der Waals surface area contributed by atoms with E-state index in [0.29, 0.717) is 31.0 Å². The van der Waals surface area contributed by atoms with E-state index in [4.69, 9.17) is 9.47 Å².